The first kappa shape index (κ1) is 41.2. The van der Waals surface area contributed by atoms with Crippen LogP contribution in [-0.2, 0) is 19.1 Å². The number of methoxy groups -OCH3 is 2. The van der Waals surface area contributed by atoms with Crippen LogP contribution in [0, 0.1) is 0 Å². The second-order valence-corrected chi connectivity index (χ2v) is 15.0. The van der Waals surface area contributed by atoms with Crippen LogP contribution in [0.2, 0.25) is 0 Å². The van der Waals surface area contributed by atoms with Crippen molar-refractivity contribution >= 4 is 30.2 Å². The third-order valence-corrected chi connectivity index (χ3v) is 11.2. The molecule has 0 radical (unpaired) electrons. The van der Waals surface area contributed by atoms with Crippen LogP contribution in [-0.4, -0.2) is 87.3 Å². The van der Waals surface area contributed by atoms with E-state index in [1.165, 1.54) is 20.4 Å². The van der Waals surface area contributed by atoms with Crippen molar-refractivity contribution < 1.29 is 33.4 Å². The van der Waals surface area contributed by atoms with E-state index in [-0.39, 0.29) is 23.9 Å². The Labute approximate surface area is 358 Å². The molecule has 4 unspecified atom stereocenters. The maximum absolute atomic E-state index is 14.0. The molecule has 316 valence electrons. The summed E-state index contributed by atoms with van der Waals surface area (Å²) in [7, 11) is 2.52. The highest BCUT2D eigenvalue weighted by Gasteiger charge is 2.38. The molecule has 4 amide bonds. The third-order valence-electron chi connectivity index (χ3n) is 11.2. The molecule has 2 aliphatic heterocycles. The molecule has 6 aromatic rings. The standard InChI is InChI=1S/C47H46N8O7/c1-60-46(58)50-27-36(30-11-5-3-6-12-30)44(56)54-25-9-15-39(54)42-48-28-37(51-42)31-17-21-34(22-18-31)62-35-23-19-32(20-24-35)38-29-49-43(52-38)40-16-10-26-55(40)45(57)41(53-47(59)61-2)33-13-7-4-8-14-33/h3-8,11-14,17-24,27-29,36,39-41H,9-10,15-16,25-26H2,1-2H3,(H,48,51)(H,49,52)(H,53,59). The van der Waals surface area contributed by atoms with Crippen molar-refractivity contribution in [3.8, 4) is 34.0 Å². The van der Waals surface area contributed by atoms with Crippen LogP contribution in [0.15, 0.2) is 127 Å². The fourth-order valence-electron chi connectivity index (χ4n) is 8.07. The van der Waals surface area contributed by atoms with E-state index in [9.17, 15) is 19.2 Å². The first-order chi connectivity index (χ1) is 30.3. The minimum absolute atomic E-state index is 0.165. The van der Waals surface area contributed by atoms with E-state index in [0.29, 0.717) is 41.8 Å². The van der Waals surface area contributed by atoms with E-state index < -0.39 is 24.1 Å². The summed E-state index contributed by atoms with van der Waals surface area (Å²) < 4.78 is 15.7. The van der Waals surface area contributed by atoms with Gasteiger partial charge in [-0.05, 0) is 96.5 Å². The number of nitrogens with zero attached hydrogens (tertiary/aromatic N) is 5. The van der Waals surface area contributed by atoms with E-state index in [1.54, 1.807) is 22.2 Å². The number of amides is 4. The van der Waals surface area contributed by atoms with Crippen molar-refractivity contribution in [1.29, 1.82) is 0 Å². The van der Waals surface area contributed by atoms with Gasteiger partial charge in [-0.1, -0.05) is 60.7 Å². The van der Waals surface area contributed by atoms with Crippen molar-refractivity contribution in [3.63, 3.8) is 0 Å². The predicted octanol–water partition coefficient (Wildman–Crippen LogP) is 8.30. The molecular formula is C47H46N8O7. The number of ether oxygens (including phenoxy) is 3. The van der Waals surface area contributed by atoms with Gasteiger partial charge in [0, 0.05) is 19.3 Å². The summed E-state index contributed by atoms with van der Waals surface area (Å²) in [5.41, 5.74) is 4.81. The number of alkyl carbamates (subject to hydrolysis) is 1. The monoisotopic (exact) mass is 834 g/mol. The number of aromatic amines is 2. The molecule has 4 aromatic carbocycles. The second-order valence-electron chi connectivity index (χ2n) is 15.0. The summed E-state index contributed by atoms with van der Waals surface area (Å²) in [5.74, 6) is 1.52. The van der Waals surface area contributed by atoms with Crippen LogP contribution in [0.4, 0.5) is 9.59 Å². The van der Waals surface area contributed by atoms with Crippen molar-refractivity contribution in [1.82, 2.24) is 35.1 Å². The lowest BCUT2D eigenvalue weighted by Gasteiger charge is -2.28. The first-order valence-corrected chi connectivity index (χ1v) is 20.5. The van der Waals surface area contributed by atoms with Gasteiger partial charge >= 0.3 is 12.2 Å². The highest BCUT2D eigenvalue weighted by molar-refractivity contribution is 6.01. The SMILES string of the molecule is COC(=O)N=CC(C(=O)N1CCCC1c1ncc(-c2ccc(Oc3ccc(-c4cnc(C5CCCN5C(=O)C(NC(=O)OC)c5ccccc5)[nH]4)cc3)cc2)[nH]1)c1ccccc1. The van der Waals surface area contributed by atoms with Gasteiger partial charge in [0.1, 0.15) is 29.2 Å². The highest BCUT2D eigenvalue weighted by Crippen LogP contribution is 2.36. The maximum Gasteiger partial charge on any atom is 0.432 e. The summed E-state index contributed by atoms with van der Waals surface area (Å²) in [4.78, 5) is 75.5. The van der Waals surface area contributed by atoms with Crippen molar-refractivity contribution in [2.24, 2.45) is 4.99 Å². The van der Waals surface area contributed by atoms with Crippen molar-refractivity contribution in [2.75, 3.05) is 27.3 Å². The first-order valence-electron chi connectivity index (χ1n) is 20.5. The molecule has 2 fully saturated rings. The lowest BCUT2D eigenvalue weighted by molar-refractivity contribution is -0.134. The van der Waals surface area contributed by atoms with Gasteiger partial charge in [-0.15, -0.1) is 0 Å². The number of carbonyl (C=O) groups is 4. The topological polar surface area (TPSA) is 184 Å². The minimum atomic E-state index is -0.893. The number of hydrogen-bond acceptors (Lipinski definition) is 9. The molecule has 2 aliphatic rings. The molecule has 0 bridgehead atoms. The average Bonchev–Trinajstić information content (AvgIpc) is 4.17. The fraction of sp³-hybridized carbons (Fsp3) is 0.255. The van der Waals surface area contributed by atoms with E-state index in [1.807, 2.05) is 109 Å². The molecular weight excluding hydrogens is 789 g/mol. The molecule has 15 nitrogen and oxygen atoms in total. The summed E-state index contributed by atoms with van der Waals surface area (Å²) in [6, 6.07) is 32.3. The number of imidazole rings is 2. The van der Waals surface area contributed by atoms with E-state index in [2.05, 4.69) is 35.0 Å². The Morgan fingerprint density at radius 1 is 0.677 bits per heavy atom. The lowest BCUT2D eigenvalue weighted by atomic mass is 9.98. The molecule has 2 saturated heterocycles. The van der Waals surface area contributed by atoms with Gasteiger partial charge in [0.25, 0.3) is 5.91 Å². The number of carbonyl (C=O) groups excluding carboxylic acids is 4. The zero-order chi connectivity index (χ0) is 43.0. The molecule has 0 aliphatic carbocycles. The normalized spacial score (nSPS) is 17.1. The Hall–Kier alpha value is -7.55. The van der Waals surface area contributed by atoms with Gasteiger partial charge in [0.15, 0.2) is 0 Å². The molecule has 15 heteroatoms. The third kappa shape index (κ3) is 9.11. The smallest absolute Gasteiger partial charge is 0.432 e. The van der Waals surface area contributed by atoms with Gasteiger partial charge in [0.2, 0.25) is 5.91 Å². The van der Waals surface area contributed by atoms with Gasteiger partial charge in [-0.2, -0.15) is 4.99 Å². The second kappa shape index (κ2) is 18.8. The number of likely N-dealkylation sites (tertiary alicyclic amines) is 2. The summed E-state index contributed by atoms with van der Waals surface area (Å²) in [5, 5.41) is 2.70. The molecule has 2 aromatic heterocycles. The number of aliphatic imine (C=N–C) groups is 1. The van der Waals surface area contributed by atoms with Crippen LogP contribution < -0.4 is 10.1 Å². The van der Waals surface area contributed by atoms with Gasteiger partial charge in [-0.25, -0.2) is 19.6 Å². The van der Waals surface area contributed by atoms with Crippen LogP contribution in [0.5, 0.6) is 11.5 Å². The Balaban J connectivity index is 0.899. The Bertz CT molecular complexity index is 2520. The number of H-pyrrole nitrogens is 2. The van der Waals surface area contributed by atoms with Gasteiger partial charge in [0.05, 0.1) is 56.0 Å². The molecule has 0 spiro atoms. The number of hydrogen-bond donors (Lipinski definition) is 3. The van der Waals surface area contributed by atoms with Crippen molar-refractivity contribution in [3.05, 3.63) is 144 Å². The largest absolute Gasteiger partial charge is 0.457 e. The molecule has 8 rings (SSSR count). The summed E-state index contributed by atoms with van der Waals surface area (Å²) in [6.07, 6.45) is 6.54. The Morgan fingerprint density at radius 3 is 1.68 bits per heavy atom. The van der Waals surface area contributed by atoms with Gasteiger partial charge < -0.3 is 39.3 Å². The Kier molecular flexibility index (Phi) is 12.5. The number of nitrogens with one attached hydrogen (secondary N) is 3. The number of aromatic nitrogens is 4. The maximum atomic E-state index is 14.0. The fourth-order valence-corrected chi connectivity index (χ4v) is 8.07. The summed E-state index contributed by atoms with van der Waals surface area (Å²) in [6.45, 7) is 1.10. The average molecular weight is 835 g/mol. The van der Waals surface area contributed by atoms with Crippen LogP contribution in [0.3, 0.4) is 0 Å². The summed E-state index contributed by atoms with van der Waals surface area (Å²) >= 11 is 0. The van der Waals surface area contributed by atoms with E-state index in [0.717, 1.165) is 53.8 Å². The Morgan fingerprint density at radius 2 is 1.18 bits per heavy atom. The highest BCUT2D eigenvalue weighted by atomic mass is 16.5. The quantitative estimate of drug-likeness (QED) is 0.102. The zero-order valence-corrected chi connectivity index (χ0v) is 34.3. The predicted molar refractivity (Wildman–Crippen MR) is 230 cm³/mol. The van der Waals surface area contributed by atoms with E-state index in [4.69, 9.17) is 9.47 Å². The molecule has 4 atom stereocenters. The zero-order valence-electron chi connectivity index (χ0n) is 34.3. The molecule has 0 saturated carbocycles. The van der Waals surface area contributed by atoms with Crippen LogP contribution in [0.25, 0.3) is 22.5 Å². The molecule has 4 heterocycles. The number of benzene rings is 4. The van der Waals surface area contributed by atoms with Crippen molar-refractivity contribution in [2.45, 2.75) is 49.7 Å². The minimum Gasteiger partial charge on any atom is -0.457 e. The molecule has 3 N–H and O–H groups in total. The van der Waals surface area contributed by atoms with E-state index >= 15 is 0 Å². The molecule has 62 heavy (non-hydrogen) atoms. The lowest BCUT2D eigenvalue weighted by Crippen LogP contribution is -2.42. The van der Waals surface area contributed by atoms with Crippen LogP contribution in [0.1, 0.15) is 72.5 Å². The van der Waals surface area contributed by atoms with Gasteiger partial charge in [-0.3, -0.25) is 9.59 Å². The van der Waals surface area contributed by atoms with Crippen LogP contribution >= 0.6 is 0 Å². The number of rotatable bonds is 12.